The number of quaternary nitrogens is 1. The summed E-state index contributed by atoms with van der Waals surface area (Å²) >= 11 is 0. The lowest BCUT2D eigenvalue weighted by molar-refractivity contribution is -0.446. The second-order valence-electron chi connectivity index (χ2n) is 9.39. The fourth-order valence-electron chi connectivity index (χ4n) is 4.07. The first-order valence-electron chi connectivity index (χ1n) is 11.6. The van der Waals surface area contributed by atoms with Gasteiger partial charge in [-0.25, -0.2) is 0 Å². The summed E-state index contributed by atoms with van der Waals surface area (Å²) < 4.78 is 0. The minimum absolute atomic E-state index is 0.0140. The minimum atomic E-state index is -0.776. The van der Waals surface area contributed by atoms with Gasteiger partial charge in [0.25, 0.3) is 5.91 Å². The number of carbonyl (C=O) groups excluding carboxylic acids is 2. The van der Waals surface area contributed by atoms with Crippen LogP contribution in [0.1, 0.15) is 37.8 Å². The molecule has 1 aliphatic rings. The number of hydrogen-bond acceptors (Lipinski definition) is 3. The molecule has 4 N–H and O–H groups in total. The average molecular weight is 438 g/mol. The Morgan fingerprint density at radius 2 is 1.62 bits per heavy atom. The van der Waals surface area contributed by atoms with E-state index in [-0.39, 0.29) is 11.8 Å². The zero-order chi connectivity index (χ0) is 23.1. The molecule has 32 heavy (non-hydrogen) atoms. The first-order valence-corrected chi connectivity index (χ1v) is 11.6. The molecule has 2 aromatic carbocycles. The van der Waals surface area contributed by atoms with Gasteiger partial charge in [0, 0.05) is 31.9 Å². The summed E-state index contributed by atoms with van der Waals surface area (Å²) in [5.74, 6) is -0.172. The van der Waals surface area contributed by atoms with Crippen molar-refractivity contribution in [3.63, 3.8) is 0 Å². The van der Waals surface area contributed by atoms with E-state index in [1.54, 1.807) is 13.8 Å². The molecule has 172 valence electrons. The van der Waals surface area contributed by atoms with Crippen molar-refractivity contribution in [2.45, 2.75) is 51.6 Å². The van der Waals surface area contributed by atoms with Crippen LogP contribution in [-0.2, 0) is 16.0 Å². The standard InChI is InChI=1S/C26H36N4O2/c1-20-10-7-8-15-23(20)29-16-18-30(19-17-29)24(31)22(28-25(32)26(2,3)27)14-9-13-21-11-5-4-6-12-21/h4-8,10-12,15,22H,9,13-14,16-19,27H2,1-3H3,(H,28,32)/p+1/t22-/m1/s1. The molecule has 1 atom stereocenters. The number of carbonyl (C=O) groups is 2. The lowest BCUT2D eigenvalue weighted by atomic mass is 10.0. The van der Waals surface area contributed by atoms with Crippen LogP contribution in [0.2, 0.25) is 0 Å². The molecule has 6 nitrogen and oxygen atoms in total. The van der Waals surface area contributed by atoms with Crippen molar-refractivity contribution in [3.8, 4) is 0 Å². The van der Waals surface area contributed by atoms with Gasteiger partial charge >= 0.3 is 0 Å². The number of nitrogens with one attached hydrogen (secondary N) is 1. The number of benzene rings is 2. The van der Waals surface area contributed by atoms with Crippen LogP contribution >= 0.6 is 0 Å². The molecule has 0 spiro atoms. The molecule has 0 aliphatic carbocycles. The van der Waals surface area contributed by atoms with E-state index in [2.05, 4.69) is 53.2 Å². The monoisotopic (exact) mass is 437 g/mol. The van der Waals surface area contributed by atoms with E-state index in [4.69, 9.17) is 0 Å². The Morgan fingerprint density at radius 3 is 2.25 bits per heavy atom. The van der Waals surface area contributed by atoms with Gasteiger partial charge in [-0.2, -0.15) is 0 Å². The smallest absolute Gasteiger partial charge is 0.281 e. The summed E-state index contributed by atoms with van der Waals surface area (Å²) in [4.78, 5) is 30.2. The van der Waals surface area contributed by atoms with Crippen LogP contribution in [0.15, 0.2) is 54.6 Å². The highest BCUT2D eigenvalue weighted by molar-refractivity contribution is 5.90. The zero-order valence-electron chi connectivity index (χ0n) is 19.6. The third-order valence-electron chi connectivity index (χ3n) is 6.07. The predicted octanol–water partition coefficient (Wildman–Crippen LogP) is 2.17. The Hall–Kier alpha value is -2.86. The topological polar surface area (TPSA) is 80.3 Å². The fraction of sp³-hybridized carbons (Fsp3) is 0.462. The van der Waals surface area contributed by atoms with E-state index in [1.165, 1.54) is 16.8 Å². The van der Waals surface area contributed by atoms with Gasteiger partial charge < -0.3 is 20.9 Å². The normalized spacial score (nSPS) is 15.4. The molecule has 2 aromatic rings. The maximum Gasteiger partial charge on any atom is 0.281 e. The summed E-state index contributed by atoms with van der Waals surface area (Å²) in [5.41, 5.74) is 6.87. The second kappa shape index (κ2) is 10.6. The molecule has 1 fully saturated rings. The maximum absolute atomic E-state index is 13.4. The fourth-order valence-corrected chi connectivity index (χ4v) is 4.07. The van der Waals surface area contributed by atoms with Crippen molar-refractivity contribution in [1.82, 2.24) is 10.2 Å². The largest absolute Gasteiger partial charge is 0.368 e. The van der Waals surface area contributed by atoms with Gasteiger partial charge in [-0.1, -0.05) is 48.5 Å². The molecular formula is C26H37N4O2+. The average Bonchev–Trinajstić information content (AvgIpc) is 2.78. The predicted molar refractivity (Wildman–Crippen MR) is 128 cm³/mol. The second-order valence-corrected chi connectivity index (χ2v) is 9.39. The molecule has 0 saturated carbocycles. The minimum Gasteiger partial charge on any atom is -0.368 e. The van der Waals surface area contributed by atoms with Gasteiger partial charge in [-0.05, 0) is 57.2 Å². The summed E-state index contributed by atoms with van der Waals surface area (Å²) in [5, 5.41) is 2.99. The number of amides is 2. The summed E-state index contributed by atoms with van der Waals surface area (Å²) in [6.45, 7) is 8.57. The number of piperazine rings is 1. The lowest BCUT2D eigenvalue weighted by Crippen LogP contribution is -2.76. The van der Waals surface area contributed by atoms with E-state index < -0.39 is 11.6 Å². The molecule has 0 radical (unpaired) electrons. The Labute approximate surface area is 191 Å². The van der Waals surface area contributed by atoms with E-state index >= 15 is 0 Å². The third-order valence-corrected chi connectivity index (χ3v) is 6.07. The molecule has 1 aliphatic heterocycles. The molecule has 3 rings (SSSR count). The van der Waals surface area contributed by atoms with Crippen molar-refractivity contribution >= 4 is 17.5 Å². The van der Waals surface area contributed by atoms with Crippen molar-refractivity contribution in [1.29, 1.82) is 0 Å². The number of rotatable bonds is 8. The van der Waals surface area contributed by atoms with Gasteiger partial charge in [0.1, 0.15) is 6.04 Å². The van der Waals surface area contributed by atoms with Gasteiger partial charge in [0.2, 0.25) is 5.91 Å². The van der Waals surface area contributed by atoms with Gasteiger partial charge in [-0.3, -0.25) is 9.59 Å². The highest BCUT2D eigenvalue weighted by atomic mass is 16.2. The lowest BCUT2D eigenvalue weighted by Gasteiger charge is -2.38. The molecular weight excluding hydrogens is 400 g/mol. The number of nitrogens with zero attached hydrogens (tertiary/aromatic N) is 2. The first kappa shape index (κ1) is 23.8. The molecule has 0 unspecified atom stereocenters. The van der Waals surface area contributed by atoms with Crippen molar-refractivity contribution in [2.24, 2.45) is 0 Å². The molecule has 1 heterocycles. The molecule has 0 bridgehead atoms. The third kappa shape index (κ3) is 6.33. The summed E-state index contributed by atoms with van der Waals surface area (Å²) in [7, 11) is 0. The first-order chi connectivity index (χ1) is 15.3. The molecule has 1 saturated heterocycles. The van der Waals surface area contributed by atoms with Crippen LogP contribution < -0.4 is 16.0 Å². The van der Waals surface area contributed by atoms with Crippen LogP contribution in [0, 0.1) is 6.92 Å². The Morgan fingerprint density at radius 1 is 1.00 bits per heavy atom. The number of aryl methyl sites for hydroxylation is 2. The Bertz CT molecular complexity index is 900. The van der Waals surface area contributed by atoms with E-state index in [0.29, 0.717) is 19.5 Å². The highest BCUT2D eigenvalue weighted by Crippen LogP contribution is 2.21. The quantitative estimate of drug-likeness (QED) is 0.664. The van der Waals surface area contributed by atoms with Crippen LogP contribution in [0.25, 0.3) is 0 Å². The SMILES string of the molecule is Cc1ccccc1N1CCN(C(=O)[C@@H](CCCc2ccccc2)NC(=O)C(C)(C)[NH3+])CC1. The van der Waals surface area contributed by atoms with Crippen LogP contribution in [-0.4, -0.2) is 54.5 Å². The zero-order valence-corrected chi connectivity index (χ0v) is 19.6. The van der Waals surface area contributed by atoms with Crippen LogP contribution in [0.3, 0.4) is 0 Å². The summed E-state index contributed by atoms with van der Waals surface area (Å²) in [6, 6.07) is 18.1. The summed E-state index contributed by atoms with van der Waals surface area (Å²) in [6.07, 6.45) is 2.34. The van der Waals surface area contributed by atoms with Crippen molar-refractivity contribution < 1.29 is 15.3 Å². The van der Waals surface area contributed by atoms with E-state index in [9.17, 15) is 9.59 Å². The Balaban J connectivity index is 1.62. The van der Waals surface area contributed by atoms with Crippen LogP contribution in [0.5, 0.6) is 0 Å². The molecule has 0 aromatic heterocycles. The van der Waals surface area contributed by atoms with Gasteiger partial charge in [-0.15, -0.1) is 0 Å². The maximum atomic E-state index is 13.4. The molecule has 6 heteroatoms. The molecule has 2 amide bonds. The number of hydrogen-bond donors (Lipinski definition) is 2. The van der Waals surface area contributed by atoms with Gasteiger partial charge in [0.15, 0.2) is 5.54 Å². The van der Waals surface area contributed by atoms with E-state index in [1.807, 2.05) is 29.2 Å². The number of anilines is 1. The van der Waals surface area contributed by atoms with Crippen molar-refractivity contribution in [3.05, 3.63) is 65.7 Å². The van der Waals surface area contributed by atoms with E-state index in [0.717, 1.165) is 25.9 Å². The van der Waals surface area contributed by atoms with Crippen LogP contribution in [0.4, 0.5) is 5.69 Å². The highest BCUT2D eigenvalue weighted by Gasteiger charge is 2.33. The number of para-hydroxylation sites is 1. The van der Waals surface area contributed by atoms with Crippen molar-refractivity contribution in [2.75, 3.05) is 31.1 Å². The Kier molecular flexibility index (Phi) is 7.91. The van der Waals surface area contributed by atoms with Gasteiger partial charge in [0.05, 0.1) is 0 Å².